The van der Waals surface area contributed by atoms with E-state index >= 15 is 0 Å². The summed E-state index contributed by atoms with van der Waals surface area (Å²) in [6.07, 6.45) is 5.85. The molecule has 0 aromatic rings. The highest BCUT2D eigenvalue weighted by Gasteiger charge is 2.07. The molecule has 0 fully saturated rings. The van der Waals surface area contributed by atoms with Crippen molar-refractivity contribution < 1.29 is 43.6 Å². The van der Waals surface area contributed by atoms with Gasteiger partial charge in [-0.1, -0.05) is 31.9 Å². The maximum Gasteiger partial charge on any atom is 0.333 e. The Morgan fingerprint density at radius 1 is 0.971 bits per heavy atom. The SMILES string of the molecule is C=C(CC=C(C)C(=O)O)C(=O)OCC.C=C(CC=CC#N)C(=O)OCCO.C=CC(=O)OCC. The largest absolute Gasteiger partial charge is 0.478 e. The first-order valence-corrected chi connectivity index (χ1v) is 10.1. The Labute approximate surface area is 200 Å². The van der Waals surface area contributed by atoms with E-state index in [0.29, 0.717) is 13.2 Å². The number of hydrogen-bond donors (Lipinski definition) is 2. The Bertz CT molecular complexity index is 802. The van der Waals surface area contributed by atoms with Crippen LogP contribution < -0.4 is 0 Å². The van der Waals surface area contributed by atoms with Crippen LogP contribution in [-0.2, 0) is 33.4 Å². The average molecular weight is 480 g/mol. The maximum atomic E-state index is 11.0. The number of esters is 3. The normalized spacial score (nSPS) is 9.68. The number of nitriles is 1. The Morgan fingerprint density at radius 2 is 1.50 bits per heavy atom. The zero-order chi connectivity index (χ0) is 26.9. The molecule has 0 saturated carbocycles. The minimum absolute atomic E-state index is 0.0280. The van der Waals surface area contributed by atoms with Crippen LogP contribution in [0.5, 0.6) is 0 Å². The van der Waals surface area contributed by atoms with Crippen molar-refractivity contribution in [2.24, 2.45) is 0 Å². The first-order chi connectivity index (χ1) is 16.0. The molecular weight excluding hydrogens is 446 g/mol. The number of ether oxygens (including phenoxy) is 3. The lowest BCUT2D eigenvalue weighted by Gasteiger charge is -2.02. The number of carboxylic acids is 1. The van der Waals surface area contributed by atoms with Gasteiger partial charge in [0.15, 0.2) is 0 Å². The van der Waals surface area contributed by atoms with E-state index in [1.165, 1.54) is 25.2 Å². The second kappa shape index (κ2) is 23.7. The Kier molecular flexibility index (Phi) is 24.1. The van der Waals surface area contributed by atoms with Crippen molar-refractivity contribution in [3.8, 4) is 6.07 Å². The van der Waals surface area contributed by atoms with E-state index in [0.717, 1.165) is 6.08 Å². The topological polar surface area (TPSA) is 160 Å². The fourth-order valence-corrected chi connectivity index (χ4v) is 1.46. The van der Waals surface area contributed by atoms with E-state index in [4.69, 9.17) is 15.5 Å². The maximum absolute atomic E-state index is 11.0. The molecule has 0 spiro atoms. The zero-order valence-electron chi connectivity index (χ0n) is 19.9. The molecule has 0 aliphatic carbocycles. The fraction of sp³-hybridized carbons (Fsp3) is 0.375. The Hall–Kier alpha value is -3.97. The summed E-state index contributed by atoms with van der Waals surface area (Å²) in [6.45, 7) is 15.6. The molecule has 0 heterocycles. The van der Waals surface area contributed by atoms with Gasteiger partial charge in [0.2, 0.25) is 0 Å². The Morgan fingerprint density at radius 3 is 1.91 bits per heavy atom. The molecule has 0 aliphatic rings. The van der Waals surface area contributed by atoms with Crippen LogP contribution in [0.25, 0.3) is 0 Å². The van der Waals surface area contributed by atoms with Gasteiger partial charge in [-0.2, -0.15) is 5.26 Å². The van der Waals surface area contributed by atoms with Crippen molar-refractivity contribution in [3.63, 3.8) is 0 Å². The van der Waals surface area contributed by atoms with E-state index < -0.39 is 17.9 Å². The van der Waals surface area contributed by atoms with E-state index in [1.807, 2.05) is 0 Å². The molecular formula is C24H33NO9. The smallest absolute Gasteiger partial charge is 0.333 e. The molecule has 34 heavy (non-hydrogen) atoms. The molecule has 0 unspecified atom stereocenters. The van der Waals surface area contributed by atoms with Gasteiger partial charge in [-0.25, -0.2) is 19.2 Å². The number of carbonyl (C=O) groups excluding carboxylic acids is 3. The molecule has 0 bridgehead atoms. The van der Waals surface area contributed by atoms with E-state index in [-0.39, 0.29) is 48.7 Å². The molecule has 0 aromatic carbocycles. The van der Waals surface area contributed by atoms with Crippen LogP contribution in [0.4, 0.5) is 0 Å². The minimum atomic E-state index is -0.998. The van der Waals surface area contributed by atoms with Gasteiger partial charge in [-0.05, 0) is 33.6 Å². The number of aliphatic carboxylic acids is 1. The monoisotopic (exact) mass is 479 g/mol. The van der Waals surface area contributed by atoms with Gasteiger partial charge in [0.1, 0.15) is 6.61 Å². The predicted octanol–water partition coefficient (Wildman–Crippen LogP) is 2.81. The van der Waals surface area contributed by atoms with Crippen molar-refractivity contribution >= 4 is 23.9 Å². The highest BCUT2D eigenvalue weighted by atomic mass is 16.5. The van der Waals surface area contributed by atoms with Crippen LogP contribution in [0.1, 0.15) is 33.6 Å². The molecule has 10 nitrogen and oxygen atoms in total. The van der Waals surface area contributed by atoms with Gasteiger partial charge in [0.25, 0.3) is 0 Å². The lowest BCUT2D eigenvalue weighted by Crippen LogP contribution is -2.09. The second-order valence-corrected chi connectivity index (χ2v) is 5.88. The van der Waals surface area contributed by atoms with Crippen molar-refractivity contribution in [1.29, 1.82) is 5.26 Å². The molecule has 188 valence electrons. The standard InChI is InChI=1S/C10H14O4.C9H11NO3.C5H8O2/c1-4-14-10(13)8(3)6-5-7(2)9(11)12;1-8(4-2-3-5-10)9(12)13-7-6-11;1-3-5(6)7-4-2/h5H,3-4,6H2,1-2H3,(H,11,12);2-3,11H,1,4,6-7H2;3H,1,4H2,2H3. The summed E-state index contributed by atoms with van der Waals surface area (Å²) in [5.41, 5.74) is 0.711. The third kappa shape index (κ3) is 22.7. The van der Waals surface area contributed by atoms with Crippen LogP contribution in [0.3, 0.4) is 0 Å². The molecule has 10 heteroatoms. The van der Waals surface area contributed by atoms with Gasteiger partial charge >= 0.3 is 23.9 Å². The number of hydrogen-bond acceptors (Lipinski definition) is 9. The van der Waals surface area contributed by atoms with Gasteiger partial charge in [-0.3, -0.25) is 0 Å². The first-order valence-electron chi connectivity index (χ1n) is 10.1. The number of allylic oxidation sites excluding steroid dienone is 3. The fourth-order valence-electron chi connectivity index (χ4n) is 1.46. The predicted molar refractivity (Wildman–Crippen MR) is 125 cm³/mol. The van der Waals surface area contributed by atoms with Crippen LogP contribution in [0.15, 0.2) is 60.8 Å². The molecule has 0 saturated heterocycles. The molecule has 0 radical (unpaired) electrons. The lowest BCUT2D eigenvalue weighted by molar-refractivity contribution is -0.140. The van der Waals surface area contributed by atoms with Crippen LogP contribution in [-0.4, -0.2) is 60.5 Å². The van der Waals surface area contributed by atoms with Crippen LogP contribution >= 0.6 is 0 Å². The van der Waals surface area contributed by atoms with Gasteiger partial charge in [0.05, 0.1) is 25.9 Å². The van der Waals surface area contributed by atoms with E-state index in [2.05, 4.69) is 33.9 Å². The highest BCUT2D eigenvalue weighted by molar-refractivity contribution is 5.89. The highest BCUT2D eigenvalue weighted by Crippen LogP contribution is 2.05. The molecule has 0 rings (SSSR count). The Balaban J connectivity index is -0.000000448. The first kappa shape index (κ1) is 34.6. The van der Waals surface area contributed by atoms with Gasteiger partial charge < -0.3 is 24.4 Å². The average Bonchev–Trinajstić information content (AvgIpc) is 2.81. The summed E-state index contributed by atoms with van der Waals surface area (Å²) in [5.74, 6) is -2.39. The summed E-state index contributed by atoms with van der Waals surface area (Å²) in [5, 5.41) is 25.0. The summed E-state index contributed by atoms with van der Waals surface area (Å²) < 4.78 is 13.7. The number of carbonyl (C=O) groups is 4. The number of aliphatic hydroxyl groups excluding tert-OH is 1. The van der Waals surface area contributed by atoms with Crippen molar-refractivity contribution in [1.82, 2.24) is 0 Å². The lowest BCUT2D eigenvalue weighted by atomic mass is 10.1. The second-order valence-electron chi connectivity index (χ2n) is 5.88. The number of carboxylic acid groups (broad SMARTS) is 1. The summed E-state index contributed by atoms with van der Waals surface area (Å²) in [7, 11) is 0. The third-order valence-corrected chi connectivity index (χ3v) is 3.18. The van der Waals surface area contributed by atoms with Crippen LogP contribution in [0.2, 0.25) is 0 Å². The molecule has 0 aromatic heterocycles. The minimum Gasteiger partial charge on any atom is -0.478 e. The number of nitrogens with zero attached hydrogens (tertiary/aromatic N) is 1. The van der Waals surface area contributed by atoms with Crippen molar-refractivity contribution in [2.45, 2.75) is 33.6 Å². The summed E-state index contributed by atoms with van der Waals surface area (Å²) >= 11 is 0. The van der Waals surface area contributed by atoms with E-state index in [9.17, 15) is 19.2 Å². The van der Waals surface area contributed by atoms with Crippen molar-refractivity contribution in [3.05, 3.63) is 60.8 Å². The zero-order valence-corrected chi connectivity index (χ0v) is 19.9. The van der Waals surface area contributed by atoms with Crippen LogP contribution in [0, 0.1) is 11.3 Å². The van der Waals surface area contributed by atoms with Gasteiger partial charge in [0, 0.05) is 28.9 Å². The quantitative estimate of drug-likeness (QED) is 0.184. The molecule has 0 atom stereocenters. The molecule has 0 aliphatic heterocycles. The summed E-state index contributed by atoms with van der Waals surface area (Å²) in [6, 6.07) is 1.79. The van der Waals surface area contributed by atoms with Gasteiger partial charge in [-0.15, -0.1) is 0 Å². The molecule has 0 amide bonds. The molecule has 2 N–H and O–H groups in total. The third-order valence-electron chi connectivity index (χ3n) is 3.18. The number of aliphatic hydroxyl groups is 1. The van der Waals surface area contributed by atoms with E-state index in [1.54, 1.807) is 19.9 Å². The summed E-state index contributed by atoms with van der Waals surface area (Å²) in [4.78, 5) is 42.4. The van der Waals surface area contributed by atoms with Crippen molar-refractivity contribution in [2.75, 3.05) is 26.4 Å². The number of rotatable bonds is 12.